The molecule has 104 valence electrons. The molecule has 0 fully saturated rings. The van der Waals surface area contributed by atoms with Gasteiger partial charge in [0.2, 0.25) is 0 Å². The molecule has 2 aromatic rings. The normalized spacial score (nSPS) is 10.8. The lowest BCUT2D eigenvalue weighted by Crippen LogP contribution is -2.18. The maximum Gasteiger partial charge on any atom is 0.339 e. The fraction of sp³-hybridized carbons (Fsp3) is 0.0833. The fourth-order valence-corrected chi connectivity index (χ4v) is 2.71. The van der Waals surface area contributed by atoms with Gasteiger partial charge >= 0.3 is 5.97 Å². The third kappa shape index (κ3) is 2.91. The van der Waals surface area contributed by atoms with Gasteiger partial charge < -0.3 is 4.74 Å². The number of benzene rings is 1. The summed E-state index contributed by atoms with van der Waals surface area (Å²) in [6, 6.07) is 5.74. The number of carbonyl (C=O) groups is 1. The number of hydrogen-bond donors (Lipinski definition) is 1. The highest BCUT2D eigenvalue weighted by molar-refractivity contribution is 7.92. The monoisotopic (exact) mass is 293 g/mol. The first kappa shape index (κ1) is 13.9. The third-order valence-electron chi connectivity index (χ3n) is 2.38. The molecule has 0 aliphatic heterocycles. The van der Waals surface area contributed by atoms with Crippen LogP contribution in [0.3, 0.4) is 0 Å². The van der Waals surface area contributed by atoms with Crippen LogP contribution in [-0.2, 0) is 14.8 Å². The van der Waals surface area contributed by atoms with Crippen LogP contribution < -0.4 is 4.72 Å². The van der Waals surface area contributed by atoms with Crippen molar-refractivity contribution in [3.8, 4) is 0 Å². The lowest BCUT2D eigenvalue weighted by atomic mass is 10.2. The van der Waals surface area contributed by atoms with E-state index in [1.54, 1.807) is 6.07 Å². The molecule has 0 unspecified atom stereocenters. The molecule has 1 aromatic carbocycles. The second kappa shape index (κ2) is 5.66. The summed E-state index contributed by atoms with van der Waals surface area (Å²) in [6.07, 6.45) is 4.03. The summed E-state index contributed by atoms with van der Waals surface area (Å²) in [5, 5.41) is 0. The Labute approximate surface area is 115 Å². The molecule has 20 heavy (non-hydrogen) atoms. The van der Waals surface area contributed by atoms with Crippen molar-refractivity contribution >= 4 is 21.8 Å². The lowest BCUT2D eigenvalue weighted by Gasteiger charge is -2.10. The number of carbonyl (C=O) groups excluding carboxylic acids is 1. The van der Waals surface area contributed by atoms with Crippen molar-refractivity contribution in [1.29, 1.82) is 0 Å². The largest absolute Gasteiger partial charge is 0.465 e. The van der Waals surface area contributed by atoms with Gasteiger partial charge in [-0.15, -0.1) is 0 Å². The van der Waals surface area contributed by atoms with Crippen molar-refractivity contribution in [2.45, 2.75) is 4.90 Å². The predicted molar refractivity (Wildman–Crippen MR) is 70.6 cm³/mol. The van der Waals surface area contributed by atoms with Gasteiger partial charge in [0, 0.05) is 12.4 Å². The molecule has 1 heterocycles. The molecule has 7 nitrogen and oxygen atoms in total. The van der Waals surface area contributed by atoms with Crippen molar-refractivity contribution in [2.24, 2.45) is 0 Å². The molecule has 0 saturated heterocycles. The summed E-state index contributed by atoms with van der Waals surface area (Å²) in [5.41, 5.74) is -0.0496. The molecule has 2 rings (SSSR count). The number of hydrogen-bond acceptors (Lipinski definition) is 6. The summed E-state index contributed by atoms with van der Waals surface area (Å²) in [5.74, 6) is -0.669. The van der Waals surface area contributed by atoms with Crippen LogP contribution in [0.25, 0.3) is 0 Å². The maximum atomic E-state index is 12.3. The minimum Gasteiger partial charge on any atom is -0.465 e. The zero-order valence-electron chi connectivity index (χ0n) is 10.5. The van der Waals surface area contributed by atoms with E-state index in [9.17, 15) is 13.2 Å². The molecular weight excluding hydrogens is 282 g/mol. The highest BCUT2D eigenvalue weighted by Gasteiger charge is 2.22. The average molecular weight is 293 g/mol. The van der Waals surface area contributed by atoms with Gasteiger partial charge in [-0.2, -0.15) is 0 Å². The molecule has 0 radical (unpaired) electrons. The smallest absolute Gasteiger partial charge is 0.339 e. The van der Waals surface area contributed by atoms with E-state index in [1.807, 2.05) is 0 Å². The van der Waals surface area contributed by atoms with Gasteiger partial charge in [0.25, 0.3) is 10.0 Å². The Kier molecular flexibility index (Phi) is 3.94. The average Bonchev–Trinajstić information content (AvgIpc) is 2.47. The van der Waals surface area contributed by atoms with Crippen molar-refractivity contribution in [2.75, 3.05) is 11.8 Å². The van der Waals surface area contributed by atoms with Crippen LogP contribution in [0.1, 0.15) is 10.4 Å². The molecule has 8 heteroatoms. The second-order valence-corrected chi connectivity index (χ2v) is 5.33. The van der Waals surface area contributed by atoms with E-state index in [-0.39, 0.29) is 16.3 Å². The van der Waals surface area contributed by atoms with Crippen molar-refractivity contribution in [3.63, 3.8) is 0 Å². The molecule has 0 aliphatic carbocycles. The summed E-state index contributed by atoms with van der Waals surface area (Å²) in [4.78, 5) is 19.0. The Balaban J connectivity index is 2.42. The minimum atomic E-state index is -3.95. The number of nitrogens with zero attached hydrogens (tertiary/aromatic N) is 2. The van der Waals surface area contributed by atoms with Crippen LogP contribution >= 0.6 is 0 Å². The van der Waals surface area contributed by atoms with Crippen molar-refractivity contribution in [3.05, 3.63) is 48.4 Å². The quantitative estimate of drug-likeness (QED) is 0.846. The molecule has 0 saturated carbocycles. The third-order valence-corrected chi connectivity index (χ3v) is 3.80. The molecule has 1 aromatic heterocycles. The molecular formula is C12H11N3O4S. The Hall–Kier alpha value is -2.48. The van der Waals surface area contributed by atoms with Gasteiger partial charge in [0.15, 0.2) is 5.82 Å². The first-order valence-electron chi connectivity index (χ1n) is 5.51. The van der Waals surface area contributed by atoms with Crippen LogP contribution in [0.2, 0.25) is 0 Å². The number of aromatic nitrogens is 2. The van der Waals surface area contributed by atoms with Crippen LogP contribution in [0, 0.1) is 0 Å². The minimum absolute atomic E-state index is 0.0496. The Morgan fingerprint density at radius 1 is 1.25 bits per heavy atom. The van der Waals surface area contributed by atoms with E-state index in [1.165, 1.54) is 43.9 Å². The molecule has 0 amide bonds. The number of nitrogens with one attached hydrogen (secondary N) is 1. The van der Waals surface area contributed by atoms with E-state index in [0.29, 0.717) is 0 Å². The van der Waals surface area contributed by atoms with Crippen LogP contribution in [0.4, 0.5) is 5.82 Å². The van der Waals surface area contributed by atoms with E-state index in [4.69, 9.17) is 0 Å². The summed E-state index contributed by atoms with van der Waals surface area (Å²) < 4.78 is 31.3. The van der Waals surface area contributed by atoms with E-state index in [2.05, 4.69) is 19.4 Å². The lowest BCUT2D eigenvalue weighted by molar-refractivity contribution is 0.0596. The van der Waals surface area contributed by atoms with E-state index >= 15 is 0 Å². The van der Waals surface area contributed by atoms with Crippen molar-refractivity contribution in [1.82, 2.24) is 9.97 Å². The van der Waals surface area contributed by atoms with Crippen molar-refractivity contribution < 1.29 is 17.9 Å². The molecule has 0 aliphatic rings. The molecule has 0 bridgehead atoms. The maximum absolute atomic E-state index is 12.3. The topological polar surface area (TPSA) is 98.2 Å². The SMILES string of the molecule is COC(=O)c1ccccc1S(=O)(=O)Nc1cnccn1. The number of rotatable bonds is 4. The molecule has 0 atom stereocenters. The van der Waals surface area contributed by atoms with Crippen LogP contribution in [0.5, 0.6) is 0 Å². The first-order chi connectivity index (χ1) is 9.54. The van der Waals surface area contributed by atoms with Crippen LogP contribution in [-0.4, -0.2) is 31.5 Å². The summed E-state index contributed by atoms with van der Waals surface area (Å²) in [7, 11) is -2.77. The first-order valence-corrected chi connectivity index (χ1v) is 6.99. The highest BCUT2D eigenvalue weighted by Crippen LogP contribution is 2.18. The highest BCUT2D eigenvalue weighted by atomic mass is 32.2. The van der Waals surface area contributed by atoms with Gasteiger partial charge in [-0.1, -0.05) is 12.1 Å². The predicted octanol–water partition coefficient (Wildman–Crippen LogP) is 1.06. The zero-order valence-corrected chi connectivity index (χ0v) is 11.3. The molecule has 0 spiro atoms. The van der Waals surface area contributed by atoms with Gasteiger partial charge in [0.05, 0.1) is 18.9 Å². The van der Waals surface area contributed by atoms with Gasteiger partial charge in [0.1, 0.15) is 4.90 Å². The fourth-order valence-electron chi connectivity index (χ4n) is 1.52. The number of esters is 1. The zero-order chi connectivity index (χ0) is 14.6. The summed E-state index contributed by atoms with van der Waals surface area (Å²) >= 11 is 0. The standard InChI is InChI=1S/C12H11N3O4S/c1-19-12(16)9-4-2-3-5-10(9)20(17,18)15-11-8-13-6-7-14-11/h2-8H,1H3,(H,14,15). The van der Waals surface area contributed by atoms with Gasteiger partial charge in [-0.25, -0.2) is 18.2 Å². The second-order valence-electron chi connectivity index (χ2n) is 3.68. The summed E-state index contributed by atoms with van der Waals surface area (Å²) in [6.45, 7) is 0. The number of sulfonamides is 1. The van der Waals surface area contributed by atoms with Gasteiger partial charge in [-0.05, 0) is 12.1 Å². The Bertz CT molecular complexity index is 716. The Morgan fingerprint density at radius 3 is 2.65 bits per heavy atom. The van der Waals surface area contributed by atoms with E-state index in [0.717, 1.165) is 0 Å². The molecule has 1 N–H and O–H groups in total. The number of methoxy groups -OCH3 is 1. The number of anilines is 1. The number of ether oxygens (including phenoxy) is 1. The van der Waals surface area contributed by atoms with Crippen LogP contribution in [0.15, 0.2) is 47.8 Å². The van der Waals surface area contributed by atoms with Gasteiger partial charge in [-0.3, -0.25) is 9.71 Å². The Morgan fingerprint density at radius 2 is 2.00 bits per heavy atom. The van der Waals surface area contributed by atoms with E-state index < -0.39 is 16.0 Å².